The lowest BCUT2D eigenvalue weighted by atomic mass is 9.78. The van der Waals surface area contributed by atoms with Crippen LogP contribution in [0, 0.1) is 0 Å². The highest BCUT2D eigenvalue weighted by Gasteiger charge is 2.31. The van der Waals surface area contributed by atoms with Crippen LogP contribution < -0.4 is 11.5 Å². The van der Waals surface area contributed by atoms with Gasteiger partial charge < -0.3 is 16.2 Å². The lowest BCUT2D eigenvalue weighted by Crippen LogP contribution is -2.47. The minimum Gasteiger partial charge on any atom is -0.378 e. The van der Waals surface area contributed by atoms with Gasteiger partial charge in [-0.3, -0.25) is 4.90 Å². The molecule has 4 aromatic carbocycles. The van der Waals surface area contributed by atoms with Gasteiger partial charge in [-0.1, -0.05) is 120 Å². The number of guanidine groups is 1. The van der Waals surface area contributed by atoms with E-state index < -0.39 is 0 Å². The molecule has 5 nitrogen and oxygen atoms in total. The molecule has 1 heterocycles. The predicted molar refractivity (Wildman–Crippen MR) is 185 cm³/mol. The average Bonchev–Trinajstić information content (AvgIpc) is 3.01. The van der Waals surface area contributed by atoms with Crippen molar-refractivity contribution in [1.82, 2.24) is 4.90 Å². The molecule has 0 spiro atoms. The van der Waals surface area contributed by atoms with E-state index in [4.69, 9.17) is 16.2 Å². The fraction of sp³-hybridized carbons (Fsp3) is 0.359. The molecule has 230 valence electrons. The van der Waals surface area contributed by atoms with Crippen molar-refractivity contribution < 1.29 is 4.74 Å². The van der Waals surface area contributed by atoms with Gasteiger partial charge in [0, 0.05) is 19.1 Å². The highest BCUT2D eigenvalue weighted by atomic mass is 16.5. The molecule has 1 atom stereocenters. The quantitative estimate of drug-likeness (QED) is 0.155. The maximum absolute atomic E-state index is 6.02. The van der Waals surface area contributed by atoms with Gasteiger partial charge in [0.15, 0.2) is 5.96 Å². The van der Waals surface area contributed by atoms with Crippen LogP contribution in [0.3, 0.4) is 0 Å². The fourth-order valence-corrected chi connectivity index (χ4v) is 6.18. The third-order valence-electron chi connectivity index (χ3n) is 8.86. The minimum absolute atomic E-state index is 0.00594. The lowest BCUT2D eigenvalue weighted by Gasteiger charge is -2.40. The molecule has 0 aromatic heterocycles. The molecule has 1 fully saturated rings. The van der Waals surface area contributed by atoms with E-state index in [0.717, 1.165) is 43.9 Å². The van der Waals surface area contributed by atoms with E-state index in [2.05, 4.69) is 136 Å². The molecule has 1 aliphatic heterocycles. The van der Waals surface area contributed by atoms with E-state index >= 15 is 0 Å². The highest BCUT2D eigenvalue weighted by Crippen LogP contribution is 2.34. The largest absolute Gasteiger partial charge is 0.378 e. The Hall–Kier alpha value is -3.93. The van der Waals surface area contributed by atoms with Gasteiger partial charge in [-0.2, -0.15) is 0 Å². The van der Waals surface area contributed by atoms with E-state index in [0.29, 0.717) is 12.6 Å². The van der Waals surface area contributed by atoms with Crippen molar-refractivity contribution >= 4 is 5.96 Å². The molecule has 0 bridgehead atoms. The summed E-state index contributed by atoms with van der Waals surface area (Å²) in [6.07, 6.45) is 1.02. The molecule has 44 heavy (non-hydrogen) atoms. The standard InChI is InChI=1S/C39H48N4O/c1-38(2,3)34-16-12-30(13-17-34)33-11-7-9-29(23-33)26-43-20-21-44-27-36(43)24-39(4,5)35-18-14-31(15-19-35)32-10-6-8-28(22-32)25-42-37(40)41/h6-19,22-23,36H,20-21,24-27H2,1-5H3,(H4,40,41,42). The lowest BCUT2D eigenvalue weighted by molar-refractivity contribution is -0.0210. The summed E-state index contributed by atoms with van der Waals surface area (Å²) in [7, 11) is 0. The molecule has 1 saturated heterocycles. The molecule has 0 aliphatic carbocycles. The summed E-state index contributed by atoms with van der Waals surface area (Å²) < 4.78 is 6.02. The number of ether oxygens (including phenoxy) is 1. The van der Waals surface area contributed by atoms with E-state index in [1.54, 1.807) is 0 Å². The van der Waals surface area contributed by atoms with Crippen LogP contribution in [0.1, 0.15) is 63.3 Å². The summed E-state index contributed by atoms with van der Waals surface area (Å²) >= 11 is 0. The number of hydrogen-bond acceptors (Lipinski definition) is 3. The van der Waals surface area contributed by atoms with Crippen molar-refractivity contribution in [3.8, 4) is 22.3 Å². The fourth-order valence-electron chi connectivity index (χ4n) is 6.18. The zero-order chi connectivity index (χ0) is 31.3. The Morgan fingerprint density at radius 1 is 0.750 bits per heavy atom. The summed E-state index contributed by atoms with van der Waals surface area (Å²) in [4.78, 5) is 6.76. The number of nitrogens with two attached hydrogens (primary N) is 2. The number of rotatable bonds is 9. The van der Waals surface area contributed by atoms with Crippen LogP contribution in [0.4, 0.5) is 0 Å². The van der Waals surface area contributed by atoms with Crippen LogP contribution in [-0.4, -0.2) is 36.7 Å². The molecule has 5 rings (SSSR count). The van der Waals surface area contributed by atoms with Gasteiger partial charge in [0.1, 0.15) is 0 Å². The van der Waals surface area contributed by atoms with Crippen molar-refractivity contribution in [2.75, 3.05) is 19.8 Å². The van der Waals surface area contributed by atoms with Gasteiger partial charge >= 0.3 is 0 Å². The highest BCUT2D eigenvalue weighted by molar-refractivity contribution is 5.75. The van der Waals surface area contributed by atoms with Crippen LogP contribution in [0.15, 0.2) is 102 Å². The van der Waals surface area contributed by atoms with Crippen LogP contribution in [0.25, 0.3) is 22.3 Å². The van der Waals surface area contributed by atoms with Gasteiger partial charge in [-0.15, -0.1) is 0 Å². The van der Waals surface area contributed by atoms with Gasteiger partial charge in [-0.25, -0.2) is 4.99 Å². The second-order valence-corrected chi connectivity index (χ2v) is 13.8. The van der Waals surface area contributed by atoms with Crippen LogP contribution in [0.5, 0.6) is 0 Å². The maximum atomic E-state index is 6.02. The first-order valence-corrected chi connectivity index (χ1v) is 15.7. The van der Waals surface area contributed by atoms with Crippen LogP contribution in [0.2, 0.25) is 0 Å². The van der Waals surface area contributed by atoms with Crippen LogP contribution >= 0.6 is 0 Å². The van der Waals surface area contributed by atoms with Crippen molar-refractivity contribution in [1.29, 1.82) is 0 Å². The Balaban J connectivity index is 1.27. The number of nitrogens with zero attached hydrogens (tertiary/aromatic N) is 2. The van der Waals surface area contributed by atoms with E-state index in [9.17, 15) is 0 Å². The molecular weight excluding hydrogens is 540 g/mol. The molecule has 0 amide bonds. The van der Waals surface area contributed by atoms with Gasteiger partial charge in [-0.05, 0) is 73.9 Å². The van der Waals surface area contributed by atoms with Crippen molar-refractivity contribution in [3.05, 3.63) is 119 Å². The molecule has 0 radical (unpaired) electrons. The van der Waals surface area contributed by atoms with E-state index in [1.807, 2.05) is 6.07 Å². The second kappa shape index (κ2) is 13.4. The molecule has 5 heteroatoms. The minimum atomic E-state index is -0.00594. The van der Waals surface area contributed by atoms with E-state index in [-0.39, 0.29) is 16.8 Å². The SMILES string of the molecule is CC(C)(C)c1ccc(-c2cccc(CN3CCOCC3CC(C)(C)c3ccc(-c4cccc(CN=C(N)N)c4)cc3)c2)cc1. The Morgan fingerprint density at radius 3 is 1.91 bits per heavy atom. The third kappa shape index (κ3) is 7.96. The Morgan fingerprint density at radius 2 is 1.32 bits per heavy atom. The van der Waals surface area contributed by atoms with E-state index in [1.165, 1.54) is 33.4 Å². The molecule has 0 saturated carbocycles. The smallest absolute Gasteiger partial charge is 0.186 e. The topological polar surface area (TPSA) is 76.9 Å². The zero-order valence-electron chi connectivity index (χ0n) is 27.0. The summed E-state index contributed by atoms with van der Waals surface area (Å²) in [6, 6.07) is 35.8. The monoisotopic (exact) mass is 588 g/mol. The third-order valence-corrected chi connectivity index (χ3v) is 8.86. The van der Waals surface area contributed by atoms with Crippen molar-refractivity contribution in [3.63, 3.8) is 0 Å². The molecule has 1 aliphatic rings. The average molecular weight is 589 g/mol. The normalized spacial score (nSPS) is 16.1. The van der Waals surface area contributed by atoms with Crippen LogP contribution in [-0.2, 0) is 28.7 Å². The first-order valence-electron chi connectivity index (χ1n) is 15.7. The molecular formula is C39H48N4O. The van der Waals surface area contributed by atoms with Crippen molar-refractivity contribution in [2.45, 2.75) is 71.0 Å². The molecule has 4 aromatic rings. The first kappa shape index (κ1) is 31.5. The van der Waals surface area contributed by atoms with Gasteiger partial charge in [0.05, 0.1) is 19.8 Å². The summed E-state index contributed by atoms with van der Waals surface area (Å²) in [5.41, 5.74) is 21.2. The van der Waals surface area contributed by atoms with Gasteiger partial charge in [0.2, 0.25) is 0 Å². The van der Waals surface area contributed by atoms with Crippen molar-refractivity contribution in [2.24, 2.45) is 16.5 Å². The Kier molecular flexibility index (Phi) is 9.57. The zero-order valence-corrected chi connectivity index (χ0v) is 27.0. The maximum Gasteiger partial charge on any atom is 0.186 e. The second-order valence-electron chi connectivity index (χ2n) is 13.8. The molecule has 1 unspecified atom stereocenters. The number of morpholine rings is 1. The Bertz CT molecular complexity index is 1560. The molecule has 4 N–H and O–H groups in total. The summed E-state index contributed by atoms with van der Waals surface area (Å²) in [5, 5.41) is 0. The summed E-state index contributed by atoms with van der Waals surface area (Å²) in [5.74, 6) is 0.111. The number of benzene rings is 4. The van der Waals surface area contributed by atoms with Gasteiger partial charge in [0.25, 0.3) is 0 Å². The predicted octanol–water partition coefficient (Wildman–Crippen LogP) is 7.66. The Labute approximate surface area is 264 Å². The first-order chi connectivity index (χ1) is 21.0. The number of aliphatic imine (C=N–C) groups is 1. The summed E-state index contributed by atoms with van der Waals surface area (Å²) in [6.45, 7) is 15.4. The number of hydrogen-bond donors (Lipinski definition) is 2.